The number of carbonyl (C=O) groups is 1. The summed E-state index contributed by atoms with van der Waals surface area (Å²) >= 11 is 0. The van der Waals surface area contributed by atoms with Crippen LogP contribution in [0.1, 0.15) is 29.9 Å². The first-order chi connectivity index (χ1) is 8.24. The summed E-state index contributed by atoms with van der Waals surface area (Å²) < 4.78 is 0. The molecule has 0 aliphatic carbocycles. The summed E-state index contributed by atoms with van der Waals surface area (Å²) in [6.07, 6.45) is 0. The minimum absolute atomic E-state index is 0.00105. The number of hydrogen-bond donors (Lipinski definition) is 2. The number of likely N-dealkylation sites (N-methyl/N-ethyl adjacent to an activating group) is 1. The number of pyridine rings is 1. The number of aryl methyl sites for hydroxylation is 1. The van der Waals surface area contributed by atoms with Crippen LogP contribution in [-0.2, 0) is 0 Å². The van der Waals surface area contributed by atoms with Gasteiger partial charge in [-0.3, -0.25) is 0 Å². The molecule has 5 nitrogen and oxygen atoms in total. The number of carboxylic acid groups (broad SMARTS) is 1. The molecule has 100 valence electrons. The third kappa shape index (κ3) is 3.43. The zero-order chi connectivity index (χ0) is 13.9. The molecule has 0 spiro atoms. The van der Waals surface area contributed by atoms with Crippen LogP contribution in [0.4, 0.5) is 5.82 Å². The number of aromatic carboxylic acids is 1. The van der Waals surface area contributed by atoms with Crippen molar-refractivity contribution in [3.63, 3.8) is 0 Å². The maximum atomic E-state index is 10.9. The van der Waals surface area contributed by atoms with E-state index >= 15 is 0 Å². The summed E-state index contributed by atoms with van der Waals surface area (Å²) in [5, 5.41) is 12.1. The molecular formula is C13H21N3O2. The molecule has 18 heavy (non-hydrogen) atoms. The lowest BCUT2D eigenvalue weighted by atomic mass is 10.0. The number of anilines is 1. The van der Waals surface area contributed by atoms with Crippen LogP contribution in [-0.4, -0.2) is 47.1 Å². The van der Waals surface area contributed by atoms with Crippen LogP contribution in [0.2, 0.25) is 0 Å². The molecule has 0 amide bonds. The van der Waals surface area contributed by atoms with E-state index in [2.05, 4.69) is 29.0 Å². The van der Waals surface area contributed by atoms with E-state index in [0.29, 0.717) is 11.5 Å². The molecule has 0 aliphatic heterocycles. The van der Waals surface area contributed by atoms with Gasteiger partial charge in [0.1, 0.15) is 5.82 Å². The van der Waals surface area contributed by atoms with Crippen LogP contribution in [0.15, 0.2) is 12.1 Å². The second-order valence-corrected chi connectivity index (χ2v) is 5.20. The Bertz CT molecular complexity index is 442. The van der Waals surface area contributed by atoms with Crippen LogP contribution in [0.25, 0.3) is 0 Å². The van der Waals surface area contributed by atoms with Crippen LogP contribution < -0.4 is 5.32 Å². The predicted molar refractivity (Wildman–Crippen MR) is 72.2 cm³/mol. The van der Waals surface area contributed by atoms with E-state index in [0.717, 1.165) is 6.54 Å². The molecule has 1 heterocycles. The van der Waals surface area contributed by atoms with Crippen molar-refractivity contribution in [3.8, 4) is 0 Å². The SMILES string of the molecule is Cc1nc(NCC(C)(C)N(C)C)ccc1C(=O)O. The molecule has 0 aliphatic rings. The third-order valence-corrected chi connectivity index (χ3v) is 3.23. The van der Waals surface area contributed by atoms with E-state index in [9.17, 15) is 4.79 Å². The van der Waals surface area contributed by atoms with Gasteiger partial charge in [-0.05, 0) is 47.0 Å². The number of carboxylic acids is 1. The molecule has 0 bridgehead atoms. The van der Waals surface area contributed by atoms with Crippen molar-refractivity contribution in [2.75, 3.05) is 26.0 Å². The van der Waals surface area contributed by atoms with Crippen molar-refractivity contribution >= 4 is 11.8 Å². The summed E-state index contributed by atoms with van der Waals surface area (Å²) in [6.45, 7) is 6.68. The highest BCUT2D eigenvalue weighted by Crippen LogP contribution is 2.14. The molecule has 2 N–H and O–H groups in total. The van der Waals surface area contributed by atoms with Gasteiger partial charge >= 0.3 is 5.97 Å². The van der Waals surface area contributed by atoms with E-state index in [4.69, 9.17) is 5.11 Å². The lowest BCUT2D eigenvalue weighted by Gasteiger charge is -2.32. The number of nitrogens with zero attached hydrogens (tertiary/aromatic N) is 2. The quantitative estimate of drug-likeness (QED) is 0.836. The fourth-order valence-electron chi connectivity index (χ4n) is 1.35. The average Bonchev–Trinajstić information content (AvgIpc) is 2.25. The second-order valence-electron chi connectivity index (χ2n) is 5.20. The highest BCUT2D eigenvalue weighted by Gasteiger charge is 2.20. The van der Waals surface area contributed by atoms with Gasteiger partial charge in [0.15, 0.2) is 0 Å². The van der Waals surface area contributed by atoms with Crippen molar-refractivity contribution in [1.82, 2.24) is 9.88 Å². The Morgan fingerprint density at radius 2 is 2.06 bits per heavy atom. The molecule has 0 saturated carbocycles. The van der Waals surface area contributed by atoms with Crippen molar-refractivity contribution in [2.24, 2.45) is 0 Å². The molecular weight excluding hydrogens is 230 g/mol. The van der Waals surface area contributed by atoms with Gasteiger partial charge in [0.2, 0.25) is 0 Å². The Labute approximate surface area is 108 Å². The maximum absolute atomic E-state index is 10.9. The second kappa shape index (κ2) is 5.35. The normalized spacial score (nSPS) is 11.7. The van der Waals surface area contributed by atoms with Crippen molar-refractivity contribution < 1.29 is 9.90 Å². The van der Waals surface area contributed by atoms with E-state index in [-0.39, 0.29) is 11.1 Å². The van der Waals surface area contributed by atoms with Gasteiger partial charge < -0.3 is 15.3 Å². The molecule has 1 rings (SSSR count). The summed E-state index contributed by atoms with van der Waals surface area (Å²) in [5.74, 6) is -0.243. The molecule has 1 aromatic rings. The standard InChI is InChI=1S/C13H21N3O2/c1-9-10(12(17)18)6-7-11(15-9)14-8-13(2,3)16(4)5/h6-7H,8H2,1-5H3,(H,14,15)(H,17,18). The van der Waals surface area contributed by atoms with Crippen molar-refractivity contribution in [3.05, 3.63) is 23.4 Å². The Morgan fingerprint density at radius 1 is 1.44 bits per heavy atom. The van der Waals surface area contributed by atoms with Gasteiger partial charge in [-0.25, -0.2) is 9.78 Å². The van der Waals surface area contributed by atoms with Gasteiger partial charge in [0.25, 0.3) is 0 Å². The predicted octanol–water partition coefficient (Wildman–Crippen LogP) is 1.84. The van der Waals surface area contributed by atoms with Crippen LogP contribution >= 0.6 is 0 Å². The van der Waals surface area contributed by atoms with E-state index in [1.54, 1.807) is 19.1 Å². The van der Waals surface area contributed by atoms with Crippen LogP contribution in [0, 0.1) is 6.92 Å². The first-order valence-corrected chi connectivity index (χ1v) is 5.86. The fraction of sp³-hybridized carbons (Fsp3) is 0.538. The van der Waals surface area contributed by atoms with Gasteiger partial charge in [-0.1, -0.05) is 0 Å². The van der Waals surface area contributed by atoms with Gasteiger partial charge in [0.05, 0.1) is 11.3 Å². The highest BCUT2D eigenvalue weighted by molar-refractivity contribution is 5.89. The summed E-state index contributed by atoms with van der Waals surface area (Å²) in [4.78, 5) is 17.2. The zero-order valence-corrected chi connectivity index (χ0v) is 11.6. The van der Waals surface area contributed by atoms with Crippen LogP contribution in [0.3, 0.4) is 0 Å². The van der Waals surface area contributed by atoms with Crippen LogP contribution in [0.5, 0.6) is 0 Å². The summed E-state index contributed by atoms with van der Waals surface area (Å²) in [7, 11) is 4.04. The number of hydrogen-bond acceptors (Lipinski definition) is 4. The molecule has 0 fully saturated rings. The molecule has 1 aromatic heterocycles. The minimum atomic E-state index is -0.944. The molecule has 0 unspecified atom stereocenters. The Balaban J connectivity index is 2.76. The number of rotatable bonds is 5. The van der Waals surface area contributed by atoms with Crippen molar-refractivity contribution in [2.45, 2.75) is 26.3 Å². The van der Waals surface area contributed by atoms with E-state index < -0.39 is 5.97 Å². The Morgan fingerprint density at radius 3 is 2.50 bits per heavy atom. The largest absolute Gasteiger partial charge is 0.478 e. The minimum Gasteiger partial charge on any atom is -0.478 e. The molecule has 0 saturated heterocycles. The highest BCUT2D eigenvalue weighted by atomic mass is 16.4. The summed E-state index contributed by atoms with van der Waals surface area (Å²) in [5.41, 5.74) is 0.767. The molecule has 0 radical (unpaired) electrons. The first-order valence-electron chi connectivity index (χ1n) is 5.86. The maximum Gasteiger partial charge on any atom is 0.337 e. The van der Waals surface area contributed by atoms with Gasteiger partial charge in [-0.2, -0.15) is 0 Å². The number of aromatic nitrogens is 1. The Hall–Kier alpha value is -1.62. The fourth-order valence-corrected chi connectivity index (χ4v) is 1.35. The van der Waals surface area contributed by atoms with E-state index in [1.807, 2.05) is 14.1 Å². The zero-order valence-electron chi connectivity index (χ0n) is 11.6. The first kappa shape index (κ1) is 14.4. The monoisotopic (exact) mass is 251 g/mol. The topological polar surface area (TPSA) is 65.5 Å². The van der Waals surface area contributed by atoms with Crippen molar-refractivity contribution in [1.29, 1.82) is 0 Å². The third-order valence-electron chi connectivity index (χ3n) is 3.23. The summed E-state index contributed by atoms with van der Waals surface area (Å²) in [6, 6.07) is 3.28. The average molecular weight is 251 g/mol. The van der Waals surface area contributed by atoms with Gasteiger partial charge in [-0.15, -0.1) is 0 Å². The molecule has 5 heteroatoms. The van der Waals surface area contributed by atoms with E-state index in [1.165, 1.54) is 0 Å². The van der Waals surface area contributed by atoms with Gasteiger partial charge in [0, 0.05) is 12.1 Å². The smallest absolute Gasteiger partial charge is 0.337 e. The lowest BCUT2D eigenvalue weighted by molar-refractivity contribution is 0.0695. The lowest BCUT2D eigenvalue weighted by Crippen LogP contribution is -2.44. The number of nitrogens with one attached hydrogen (secondary N) is 1. The molecule has 0 atom stereocenters. The Kier molecular flexibility index (Phi) is 4.29. The molecule has 0 aromatic carbocycles.